The summed E-state index contributed by atoms with van der Waals surface area (Å²) < 4.78 is 13.0. The molecule has 0 unspecified atom stereocenters. The normalized spacial score (nSPS) is 12.8. The Bertz CT molecular complexity index is 3520. The average Bonchev–Trinajstić information content (AvgIpc) is 4.04. The van der Waals surface area contributed by atoms with Gasteiger partial charge in [-0.3, -0.25) is 0 Å². The van der Waals surface area contributed by atoms with Gasteiger partial charge in [0.2, 0.25) is 0 Å². The van der Waals surface area contributed by atoms with Crippen LogP contribution in [-0.4, -0.2) is 0 Å². The minimum atomic E-state index is -0.476. The molecule has 0 atom stereocenters. The van der Waals surface area contributed by atoms with Gasteiger partial charge in [0.25, 0.3) is 0 Å². The molecule has 0 bridgehead atoms. The number of hydrogen-bond acceptors (Lipinski definition) is 3. The first-order valence-corrected chi connectivity index (χ1v) is 21.9. The van der Waals surface area contributed by atoms with Crippen LogP contribution in [0.2, 0.25) is 0 Å². The van der Waals surface area contributed by atoms with E-state index in [4.69, 9.17) is 8.83 Å². The highest BCUT2D eigenvalue weighted by molar-refractivity contribution is 6.10. The summed E-state index contributed by atoms with van der Waals surface area (Å²) in [4.78, 5) is 2.38. The predicted octanol–water partition coefficient (Wildman–Crippen LogP) is 16.7. The van der Waals surface area contributed by atoms with Crippen LogP contribution in [0, 0.1) is 0 Å². The molecule has 13 rings (SSSR count). The molecule has 2 aromatic heterocycles. The quantitative estimate of drug-likeness (QED) is 0.160. The van der Waals surface area contributed by atoms with Crippen LogP contribution in [0.5, 0.6) is 0 Å². The van der Waals surface area contributed by atoms with Crippen LogP contribution in [0.4, 0.5) is 17.1 Å². The molecule has 0 spiro atoms. The van der Waals surface area contributed by atoms with Gasteiger partial charge in [0.05, 0.1) is 5.41 Å². The first kappa shape index (κ1) is 36.3. The van der Waals surface area contributed by atoms with Gasteiger partial charge in [-0.25, -0.2) is 0 Å². The first-order chi connectivity index (χ1) is 31.7. The van der Waals surface area contributed by atoms with Crippen molar-refractivity contribution in [2.75, 3.05) is 4.90 Å². The number of para-hydroxylation sites is 4. The maximum Gasteiger partial charge on any atom is 0.143 e. The van der Waals surface area contributed by atoms with E-state index in [1.54, 1.807) is 0 Å². The first-order valence-electron chi connectivity index (χ1n) is 21.9. The fourth-order valence-electron chi connectivity index (χ4n) is 10.6. The molecular formula is C61H39NO2. The van der Waals surface area contributed by atoms with Crippen molar-refractivity contribution in [3.05, 3.63) is 259 Å². The minimum Gasteiger partial charge on any atom is -0.455 e. The fraction of sp³-hybridized carbons (Fsp3) is 0.0164. The highest BCUT2D eigenvalue weighted by atomic mass is 16.3. The van der Waals surface area contributed by atoms with E-state index in [1.165, 1.54) is 33.4 Å². The molecule has 300 valence electrons. The predicted molar refractivity (Wildman–Crippen MR) is 264 cm³/mol. The molecule has 10 aromatic carbocycles. The van der Waals surface area contributed by atoms with Gasteiger partial charge in [0.15, 0.2) is 0 Å². The topological polar surface area (TPSA) is 29.5 Å². The Morgan fingerprint density at radius 1 is 0.297 bits per heavy atom. The van der Waals surface area contributed by atoms with Crippen molar-refractivity contribution in [1.82, 2.24) is 0 Å². The molecule has 3 nitrogen and oxygen atoms in total. The van der Waals surface area contributed by atoms with Crippen LogP contribution in [-0.2, 0) is 5.41 Å². The lowest BCUT2D eigenvalue weighted by molar-refractivity contribution is 0.669. The lowest BCUT2D eigenvalue weighted by Crippen LogP contribution is -2.28. The Labute approximate surface area is 370 Å². The molecule has 0 saturated carbocycles. The molecule has 0 aliphatic heterocycles. The molecule has 64 heavy (non-hydrogen) atoms. The summed E-state index contributed by atoms with van der Waals surface area (Å²) in [6.45, 7) is 0. The van der Waals surface area contributed by atoms with Crippen molar-refractivity contribution in [1.29, 1.82) is 0 Å². The minimum absolute atomic E-state index is 0.476. The van der Waals surface area contributed by atoms with Crippen LogP contribution in [0.15, 0.2) is 245 Å². The third kappa shape index (κ3) is 5.41. The van der Waals surface area contributed by atoms with E-state index in [9.17, 15) is 0 Å². The maximum atomic E-state index is 6.48. The van der Waals surface area contributed by atoms with E-state index < -0.39 is 5.41 Å². The van der Waals surface area contributed by atoms with E-state index in [2.05, 4.69) is 217 Å². The number of furan rings is 2. The van der Waals surface area contributed by atoms with E-state index in [1.807, 2.05) is 24.3 Å². The number of nitrogens with zero attached hydrogens (tertiary/aromatic N) is 1. The summed E-state index contributed by atoms with van der Waals surface area (Å²) in [6, 6.07) is 85.2. The van der Waals surface area contributed by atoms with E-state index >= 15 is 0 Å². The molecule has 3 heteroatoms. The zero-order chi connectivity index (χ0) is 42.2. The average molecular weight is 818 g/mol. The van der Waals surface area contributed by atoms with Gasteiger partial charge in [0.1, 0.15) is 22.3 Å². The summed E-state index contributed by atoms with van der Waals surface area (Å²) in [6.07, 6.45) is 0. The maximum absolute atomic E-state index is 6.48. The summed E-state index contributed by atoms with van der Waals surface area (Å²) in [7, 11) is 0. The number of rotatable bonds is 7. The van der Waals surface area contributed by atoms with Crippen LogP contribution >= 0.6 is 0 Å². The SMILES string of the molecule is c1ccc(C2(c3ccccc3)c3ccccc3-c3cc(N(c4ccc(-c5cccc6c5oc5ccccc56)cc4)c4ccc(-c5cccc6c5oc5ccccc56)cc4)ccc32)cc1. The second-order valence-corrected chi connectivity index (χ2v) is 16.7. The van der Waals surface area contributed by atoms with Gasteiger partial charge >= 0.3 is 0 Å². The standard InChI is InChI=1S/C61H39NO2/c1-3-15-42(16-4-1)61(43-17-5-2-6-18-43)55-26-10-7-19-49(55)54-39-46(37-38-56(54)61)62(44-33-29-40(30-34-44)47-22-13-24-52-50-20-8-11-27-57(50)63-59(47)52)45-35-31-41(32-36-45)48-23-14-25-53-51-21-9-12-28-58(51)64-60(48)53/h1-39H. The second kappa shape index (κ2) is 14.3. The van der Waals surface area contributed by atoms with Crippen molar-refractivity contribution in [3.8, 4) is 33.4 Å². The largest absolute Gasteiger partial charge is 0.455 e. The molecule has 1 aliphatic carbocycles. The molecule has 0 amide bonds. The molecule has 0 saturated heterocycles. The molecule has 0 fully saturated rings. The van der Waals surface area contributed by atoms with Crippen LogP contribution in [0.3, 0.4) is 0 Å². The Balaban J connectivity index is 0.980. The molecule has 0 radical (unpaired) electrons. The zero-order valence-electron chi connectivity index (χ0n) is 34.8. The third-order valence-electron chi connectivity index (χ3n) is 13.4. The number of fused-ring (bicyclic) bond motifs is 9. The van der Waals surface area contributed by atoms with Crippen molar-refractivity contribution in [3.63, 3.8) is 0 Å². The fourth-order valence-corrected chi connectivity index (χ4v) is 10.6. The Morgan fingerprint density at radius 3 is 1.27 bits per heavy atom. The van der Waals surface area contributed by atoms with Crippen LogP contribution in [0.25, 0.3) is 77.3 Å². The smallest absolute Gasteiger partial charge is 0.143 e. The van der Waals surface area contributed by atoms with Crippen molar-refractivity contribution in [2.45, 2.75) is 5.41 Å². The lowest BCUT2D eigenvalue weighted by Gasteiger charge is -2.34. The Morgan fingerprint density at radius 2 is 0.719 bits per heavy atom. The summed E-state index contributed by atoms with van der Waals surface area (Å²) in [5.41, 5.74) is 18.2. The van der Waals surface area contributed by atoms with Gasteiger partial charge in [0, 0.05) is 49.7 Å². The third-order valence-corrected chi connectivity index (χ3v) is 13.4. The molecule has 0 N–H and O–H groups in total. The summed E-state index contributed by atoms with van der Waals surface area (Å²) in [5, 5.41) is 4.50. The Hall–Kier alpha value is -8.40. The zero-order valence-corrected chi connectivity index (χ0v) is 34.8. The highest BCUT2D eigenvalue weighted by Crippen LogP contribution is 2.57. The monoisotopic (exact) mass is 817 g/mol. The summed E-state index contributed by atoms with van der Waals surface area (Å²) >= 11 is 0. The van der Waals surface area contributed by atoms with Gasteiger partial charge in [-0.1, -0.05) is 188 Å². The molecule has 2 heterocycles. The van der Waals surface area contributed by atoms with Gasteiger partial charge in [-0.15, -0.1) is 0 Å². The van der Waals surface area contributed by atoms with Gasteiger partial charge in [-0.05, 0) is 93.0 Å². The molecular weight excluding hydrogens is 779 g/mol. The number of benzene rings is 10. The highest BCUT2D eigenvalue weighted by Gasteiger charge is 2.46. The lowest BCUT2D eigenvalue weighted by atomic mass is 9.68. The number of anilines is 3. The van der Waals surface area contributed by atoms with Gasteiger partial charge in [-0.2, -0.15) is 0 Å². The van der Waals surface area contributed by atoms with E-state index in [0.29, 0.717) is 0 Å². The second-order valence-electron chi connectivity index (χ2n) is 16.7. The van der Waals surface area contributed by atoms with Crippen molar-refractivity contribution < 1.29 is 8.83 Å². The van der Waals surface area contributed by atoms with Crippen molar-refractivity contribution in [2.24, 2.45) is 0 Å². The van der Waals surface area contributed by atoms with E-state index in [-0.39, 0.29) is 0 Å². The van der Waals surface area contributed by atoms with E-state index in [0.717, 1.165) is 83.2 Å². The number of hydrogen-bond donors (Lipinski definition) is 0. The van der Waals surface area contributed by atoms with Crippen molar-refractivity contribution >= 4 is 60.9 Å². The Kier molecular flexibility index (Phi) is 8.13. The molecule has 12 aromatic rings. The summed E-state index contributed by atoms with van der Waals surface area (Å²) in [5.74, 6) is 0. The van der Waals surface area contributed by atoms with Crippen LogP contribution in [0.1, 0.15) is 22.3 Å². The molecule has 1 aliphatic rings. The van der Waals surface area contributed by atoms with Crippen LogP contribution < -0.4 is 4.90 Å². The van der Waals surface area contributed by atoms with Gasteiger partial charge < -0.3 is 13.7 Å².